The van der Waals surface area contributed by atoms with Gasteiger partial charge in [0.15, 0.2) is 0 Å². The van der Waals surface area contributed by atoms with E-state index in [1.54, 1.807) is 6.92 Å². The summed E-state index contributed by atoms with van der Waals surface area (Å²) in [6.45, 7) is 3.19. The molecular formula is C12H15N3O3. The van der Waals surface area contributed by atoms with Gasteiger partial charge in [-0.15, -0.1) is 6.42 Å². The Morgan fingerprint density at radius 3 is 2.61 bits per heavy atom. The summed E-state index contributed by atoms with van der Waals surface area (Å²) in [5.74, 6) is 0.880. The van der Waals surface area contributed by atoms with Crippen LogP contribution in [0.2, 0.25) is 0 Å². The van der Waals surface area contributed by atoms with Crippen molar-refractivity contribution < 1.29 is 14.7 Å². The molecule has 1 aromatic heterocycles. The van der Waals surface area contributed by atoms with Crippen LogP contribution in [0.15, 0.2) is 0 Å². The summed E-state index contributed by atoms with van der Waals surface area (Å²) >= 11 is 0. The highest BCUT2D eigenvalue weighted by Crippen LogP contribution is 2.11. The number of aliphatic carboxylic acids is 1. The van der Waals surface area contributed by atoms with Crippen molar-refractivity contribution in [3.8, 4) is 12.3 Å². The Morgan fingerprint density at radius 1 is 1.50 bits per heavy atom. The van der Waals surface area contributed by atoms with Crippen LogP contribution >= 0.6 is 0 Å². The summed E-state index contributed by atoms with van der Waals surface area (Å²) in [6, 6.07) is 0. The predicted molar refractivity (Wildman–Crippen MR) is 64.8 cm³/mol. The number of carboxylic acid groups (broad SMARTS) is 1. The summed E-state index contributed by atoms with van der Waals surface area (Å²) in [4.78, 5) is 23.7. The van der Waals surface area contributed by atoms with Crippen LogP contribution in [0.25, 0.3) is 0 Å². The maximum Gasteiger partial charge on any atom is 0.323 e. The second-order valence-corrected chi connectivity index (χ2v) is 3.94. The van der Waals surface area contributed by atoms with Gasteiger partial charge in [0.2, 0.25) is 5.91 Å². The lowest BCUT2D eigenvalue weighted by molar-refractivity contribution is -0.143. The van der Waals surface area contributed by atoms with Crippen LogP contribution in [0.3, 0.4) is 0 Å². The molecule has 0 aliphatic carbocycles. The molecule has 0 saturated carbocycles. The fourth-order valence-electron chi connectivity index (χ4n) is 1.60. The highest BCUT2D eigenvalue weighted by molar-refractivity contribution is 5.83. The van der Waals surface area contributed by atoms with Gasteiger partial charge in [0, 0.05) is 11.3 Å². The van der Waals surface area contributed by atoms with Gasteiger partial charge >= 0.3 is 5.97 Å². The molecule has 0 radical (unpaired) electrons. The van der Waals surface area contributed by atoms with E-state index in [9.17, 15) is 9.59 Å². The smallest absolute Gasteiger partial charge is 0.323 e. The SMILES string of the molecule is C#CCN(CC(=O)O)C(=O)Cc1c(C)n[nH]c1C. The molecule has 18 heavy (non-hydrogen) atoms. The van der Waals surface area contributed by atoms with E-state index in [4.69, 9.17) is 11.5 Å². The lowest BCUT2D eigenvalue weighted by Gasteiger charge is -2.17. The van der Waals surface area contributed by atoms with Gasteiger partial charge in [-0.2, -0.15) is 5.10 Å². The molecule has 0 fully saturated rings. The number of aromatic amines is 1. The largest absolute Gasteiger partial charge is 0.480 e. The van der Waals surface area contributed by atoms with E-state index in [1.807, 2.05) is 6.92 Å². The van der Waals surface area contributed by atoms with Crippen LogP contribution in [0.5, 0.6) is 0 Å². The summed E-state index contributed by atoms with van der Waals surface area (Å²) in [7, 11) is 0. The molecule has 1 aromatic rings. The van der Waals surface area contributed by atoms with Gasteiger partial charge in [0.05, 0.1) is 18.7 Å². The number of amides is 1. The highest BCUT2D eigenvalue weighted by atomic mass is 16.4. The fourth-order valence-corrected chi connectivity index (χ4v) is 1.60. The van der Waals surface area contributed by atoms with Gasteiger partial charge in [-0.1, -0.05) is 5.92 Å². The molecule has 0 unspecified atom stereocenters. The van der Waals surface area contributed by atoms with Crippen molar-refractivity contribution >= 4 is 11.9 Å². The Labute approximate surface area is 105 Å². The molecule has 6 nitrogen and oxygen atoms in total. The van der Waals surface area contributed by atoms with Crippen molar-refractivity contribution in [2.45, 2.75) is 20.3 Å². The first kappa shape index (κ1) is 13.8. The average molecular weight is 249 g/mol. The van der Waals surface area contributed by atoms with E-state index >= 15 is 0 Å². The monoisotopic (exact) mass is 249 g/mol. The Bertz CT molecular complexity index is 480. The number of hydrogen-bond donors (Lipinski definition) is 2. The standard InChI is InChI=1S/C12H15N3O3/c1-4-5-15(7-12(17)18)11(16)6-10-8(2)13-14-9(10)3/h1H,5-7H2,2-3H3,(H,13,14)(H,17,18). The summed E-state index contributed by atoms with van der Waals surface area (Å²) < 4.78 is 0. The number of nitrogens with zero attached hydrogens (tertiary/aromatic N) is 2. The summed E-state index contributed by atoms with van der Waals surface area (Å²) in [6.07, 6.45) is 5.22. The van der Waals surface area contributed by atoms with Crippen molar-refractivity contribution in [1.29, 1.82) is 0 Å². The maximum atomic E-state index is 12.0. The number of nitrogens with one attached hydrogen (secondary N) is 1. The van der Waals surface area contributed by atoms with Crippen LogP contribution in [0.4, 0.5) is 0 Å². The third kappa shape index (κ3) is 3.35. The number of aryl methyl sites for hydroxylation is 2. The summed E-state index contributed by atoms with van der Waals surface area (Å²) in [5, 5.41) is 15.5. The molecule has 1 amide bonds. The first-order valence-electron chi connectivity index (χ1n) is 5.39. The van der Waals surface area contributed by atoms with Crippen molar-refractivity contribution in [1.82, 2.24) is 15.1 Å². The number of terminal acetylenes is 1. The van der Waals surface area contributed by atoms with Crippen molar-refractivity contribution in [2.75, 3.05) is 13.1 Å². The first-order valence-corrected chi connectivity index (χ1v) is 5.39. The van der Waals surface area contributed by atoms with Gasteiger partial charge in [-0.3, -0.25) is 14.7 Å². The predicted octanol–water partition coefficient (Wildman–Crippen LogP) is 0.115. The van der Waals surface area contributed by atoms with Gasteiger partial charge in [-0.05, 0) is 13.8 Å². The first-order chi connectivity index (χ1) is 8.45. The van der Waals surface area contributed by atoms with Gasteiger partial charge in [0.1, 0.15) is 6.54 Å². The van der Waals surface area contributed by atoms with Crippen LogP contribution < -0.4 is 0 Å². The molecule has 0 spiro atoms. The zero-order chi connectivity index (χ0) is 13.7. The minimum absolute atomic E-state index is 0.0128. The van der Waals surface area contributed by atoms with E-state index in [-0.39, 0.29) is 25.4 Å². The second-order valence-electron chi connectivity index (χ2n) is 3.94. The molecule has 0 bridgehead atoms. The number of H-pyrrole nitrogens is 1. The Hall–Kier alpha value is -2.29. The quantitative estimate of drug-likeness (QED) is 0.725. The highest BCUT2D eigenvalue weighted by Gasteiger charge is 2.18. The molecule has 0 aromatic carbocycles. The Morgan fingerprint density at radius 2 is 2.17 bits per heavy atom. The lowest BCUT2D eigenvalue weighted by Crippen LogP contribution is -2.37. The fraction of sp³-hybridized carbons (Fsp3) is 0.417. The van der Waals surface area contributed by atoms with Gasteiger partial charge in [-0.25, -0.2) is 0 Å². The number of carbonyl (C=O) groups excluding carboxylic acids is 1. The van der Waals surface area contributed by atoms with Gasteiger partial charge < -0.3 is 10.0 Å². The minimum Gasteiger partial charge on any atom is -0.480 e. The molecule has 96 valence electrons. The Balaban J connectivity index is 2.79. The normalized spacial score (nSPS) is 9.83. The van der Waals surface area contributed by atoms with Crippen molar-refractivity contribution in [3.63, 3.8) is 0 Å². The molecular weight excluding hydrogens is 234 g/mol. The topological polar surface area (TPSA) is 86.3 Å². The average Bonchev–Trinajstić information content (AvgIpc) is 2.59. The van der Waals surface area contributed by atoms with E-state index in [2.05, 4.69) is 16.1 Å². The lowest BCUT2D eigenvalue weighted by atomic mass is 10.1. The molecule has 0 aliphatic heterocycles. The van der Waals surface area contributed by atoms with E-state index in [1.165, 1.54) is 0 Å². The van der Waals surface area contributed by atoms with Crippen LogP contribution in [0.1, 0.15) is 17.0 Å². The van der Waals surface area contributed by atoms with E-state index in [0.29, 0.717) is 0 Å². The number of rotatable bonds is 5. The Kier molecular flexibility index (Phi) is 4.49. The molecule has 1 rings (SSSR count). The molecule has 6 heteroatoms. The molecule has 2 N–H and O–H groups in total. The van der Waals surface area contributed by atoms with Crippen LogP contribution in [0, 0.1) is 26.2 Å². The molecule has 0 aliphatic rings. The third-order valence-corrected chi connectivity index (χ3v) is 2.57. The maximum absolute atomic E-state index is 12.0. The van der Waals surface area contributed by atoms with E-state index in [0.717, 1.165) is 21.9 Å². The zero-order valence-corrected chi connectivity index (χ0v) is 10.4. The number of aromatic nitrogens is 2. The summed E-state index contributed by atoms with van der Waals surface area (Å²) in [5.41, 5.74) is 2.32. The zero-order valence-electron chi connectivity index (χ0n) is 10.4. The molecule has 0 saturated heterocycles. The second kappa shape index (κ2) is 5.87. The molecule has 1 heterocycles. The van der Waals surface area contributed by atoms with E-state index < -0.39 is 5.97 Å². The van der Waals surface area contributed by atoms with Crippen molar-refractivity contribution in [2.24, 2.45) is 0 Å². The van der Waals surface area contributed by atoms with Gasteiger partial charge in [0.25, 0.3) is 0 Å². The van der Waals surface area contributed by atoms with Crippen LogP contribution in [-0.2, 0) is 16.0 Å². The number of carbonyl (C=O) groups is 2. The number of carboxylic acids is 1. The third-order valence-electron chi connectivity index (χ3n) is 2.57. The van der Waals surface area contributed by atoms with Crippen molar-refractivity contribution in [3.05, 3.63) is 17.0 Å². The number of hydrogen-bond acceptors (Lipinski definition) is 3. The van der Waals surface area contributed by atoms with Crippen LogP contribution in [-0.4, -0.2) is 45.2 Å². The molecule has 0 atom stereocenters. The minimum atomic E-state index is -1.08.